The van der Waals surface area contributed by atoms with Gasteiger partial charge in [0, 0.05) is 25.0 Å². The van der Waals surface area contributed by atoms with E-state index in [4.69, 9.17) is 16.3 Å². The maximum absolute atomic E-state index is 5.74. The van der Waals surface area contributed by atoms with Gasteiger partial charge < -0.3 is 10.1 Å². The molecule has 0 aliphatic rings. The summed E-state index contributed by atoms with van der Waals surface area (Å²) in [6, 6.07) is 3.67. The lowest BCUT2D eigenvalue weighted by Crippen LogP contribution is -2.19. The highest BCUT2D eigenvalue weighted by atomic mass is 35.5. The lowest BCUT2D eigenvalue weighted by Gasteiger charge is -2.13. The Balaban J connectivity index is 2.37. The van der Waals surface area contributed by atoms with Gasteiger partial charge in [0.15, 0.2) is 0 Å². The lowest BCUT2D eigenvalue weighted by atomic mass is 10.3. The van der Waals surface area contributed by atoms with Crippen molar-refractivity contribution < 1.29 is 4.74 Å². The Hall–Kier alpha value is -0.800. The molecule has 0 radical (unpaired) electrons. The molecule has 1 heterocycles. The van der Waals surface area contributed by atoms with Crippen LogP contribution in [0.1, 0.15) is 13.8 Å². The summed E-state index contributed by atoms with van der Waals surface area (Å²) in [6.07, 6.45) is 1.88. The van der Waals surface area contributed by atoms with E-state index in [1.54, 1.807) is 12.3 Å². The molecule has 0 aliphatic heterocycles. The van der Waals surface area contributed by atoms with Gasteiger partial charge >= 0.3 is 0 Å². The molecule has 0 aromatic carbocycles. The third kappa shape index (κ3) is 3.94. The van der Waals surface area contributed by atoms with Gasteiger partial charge in [-0.3, -0.25) is 0 Å². The number of hydrogen-bond acceptors (Lipinski definition) is 3. The van der Waals surface area contributed by atoms with Gasteiger partial charge in [0.05, 0.1) is 6.10 Å². The van der Waals surface area contributed by atoms with Crippen molar-refractivity contribution in [3.8, 4) is 0 Å². The average molecular weight is 215 g/mol. The standard InChI is InChI=1S/C10H15ClN2O/c1-3-14-8(2)7-13-9-4-5-12-10(11)6-9/h4-6,8H,3,7H2,1-2H3,(H,12,13). The quantitative estimate of drug-likeness (QED) is 0.765. The Kier molecular flexibility index (Phi) is 4.70. The molecular formula is C10H15ClN2O. The first-order valence-electron chi connectivity index (χ1n) is 4.69. The van der Waals surface area contributed by atoms with Crippen LogP contribution in [0.15, 0.2) is 18.3 Å². The molecule has 78 valence electrons. The SMILES string of the molecule is CCOC(C)CNc1ccnc(Cl)c1. The van der Waals surface area contributed by atoms with Crippen molar-refractivity contribution in [2.45, 2.75) is 20.0 Å². The minimum absolute atomic E-state index is 0.201. The second-order valence-corrected chi connectivity index (χ2v) is 3.40. The molecule has 0 aliphatic carbocycles. The predicted molar refractivity (Wildman–Crippen MR) is 58.8 cm³/mol. The van der Waals surface area contributed by atoms with E-state index in [0.717, 1.165) is 18.8 Å². The third-order valence-electron chi connectivity index (χ3n) is 1.77. The molecule has 0 amide bonds. The normalized spacial score (nSPS) is 12.5. The topological polar surface area (TPSA) is 34.1 Å². The van der Waals surface area contributed by atoms with Gasteiger partial charge in [-0.1, -0.05) is 11.6 Å². The highest BCUT2D eigenvalue weighted by Crippen LogP contribution is 2.11. The van der Waals surface area contributed by atoms with Crippen LogP contribution >= 0.6 is 11.6 Å². The molecule has 0 bridgehead atoms. The fourth-order valence-electron chi connectivity index (χ4n) is 1.12. The van der Waals surface area contributed by atoms with Gasteiger partial charge in [0.25, 0.3) is 0 Å². The van der Waals surface area contributed by atoms with Crippen LogP contribution in [0, 0.1) is 0 Å². The van der Waals surface area contributed by atoms with E-state index in [0.29, 0.717) is 5.15 Å². The first kappa shape index (κ1) is 11.3. The van der Waals surface area contributed by atoms with Crippen molar-refractivity contribution in [3.05, 3.63) is 23.5 Å². The first-order chi connectivity index (χ1) is 6.72. The largest absolute Gasteiger partial charge is 0.382 e. The number of nitrogens with one attached hydrogen (secondary N) is 1. The van der Waals surface area contributed by atoms with Gasteiger partial charge in [-0.2, -0.15) is 0 Å². The van der Waals surface area contributed by atoms with E-state index in [2.05, 4.69) is 10.3 Å². The summed E-state index contributed by atoms with van der Waals surface area (Å²) in [5.41, 5.74) is 0.969. The molecule has 0 saturated heterocycles. The van der Waals surface area contributed by atoms with E-state index in [1.165, 1.54) is 0 Å². The number of pyridine rings is 1. The fourth-order valence-corrected chi connectivity index (χ4v) is 1.29. The van der Waals surface area contributed by atoms with Crippen LogP contribution in [-0.4, -0.2) is 24.2 Å². The molecule has 1 aromatic rings. The highest BCUT2D eigenvalue weighted by molar-refractivity contribution is 6.29. The smallest absolute Gasteiger partial charge is 0.131 e. The molecular weight excluding hydrogens is 200 g/mol. The summed E-state index contributed by atoms with van der Waals surface area (Å²) < 4.78 is 5.38. The van der Waals surface area contributed by atoms with E-state index in [1.807, 2.05) is 19.9 Å². The molecule has 0 fully saturated rings. The number of aromatic nitrogens is 1. The Bertz CT molecular complexity index is 281. The molecule has 1 aromatic heterocycles. The Labute approximate surface area is 89.4 Å². The number of anilines is 1. The Morgan fingerprint density at radius 1 is 1.64 bits per heavy atom. The maximum Gasteiger partial charge on any atom is 0.131 e. The van der Waals surface area contributed by atoms with Gasteiger partial charge in [-0.15, -0.1) is 0 Å². The molecule has 14 heavy (non-hydrogen) atoms. The van der Waals surface area contributed by atoms with Crippen molar-refractivity contribution in [2.75, 3.05) is 18.5 Å². The average Bonchev–Trinajstić information content (AvgIpc) is 2.15. The zero-order valence-electron chi connectivity index (χ0n) is 8.46. The number of nitrogens with zero attached hydrogens (tertiary/aromatic N) is 1. The fraction of sp³-hybridized carbons (Fsp3) is 0.500. The van der Waals surface area contributed by atoms with Gasteiger partial charge in [0.1, 0.15) is 5.15 Å². The second-order valence-electron chi connectivity index (χ2n) is 3.01. The van der Waals surface area contributed by atoms with E-state index >= 15 is 0 Å². The van der Waals surface area contributed by atoms with Crippen molar-refractivity contribution >= 4 is 17.3 Å². The summed E-state index contributed by atoms with van der Waals surface area (Å²) in [5, 5.41) is 3.72. The summed E-state index contributed by atoms with van der Waals surface area (Å²) in [6.45, 7) is 5.52. The molecule has 1 N–H and O–H groups in total. The highest BCUT2D eigenvalue weighted by Gasteiger charge is 2.00. The van der Waals surface area contributed by atoms with Crippen molar-refractivity contribution in [3.63, 3.8) is 0 Å². The van der Waals surface area contributed by atoms with Crippen LogP contribution in [0.2, 0.25) is 5.15 Å². The maximum atomic E-state index is 5.74. The molecule has 1 atom stereocenters. The molecule has 3 nitrogen and oxygen atoms in total. The minimum Gasteiger partial charge on any atom is -0.382 e. The van der Waals surface area contributed by atoms with Gasteiger partial charge in [-0.05, 0) is 26.0 Å². The molecule has 0 saturated carbocycles. The first-order valence-corrected chi connectivity index (χ1v) is 5.07. The Morgan fingerprint density at radius 2 is 2.43 bits per heavy atom. The van der Waals surface area contributed by atoms with Gasteiger partial charge in [0.2, 0.25) is 0 Å². The molecule has 1 rings (SSSR count). The van der Waals surface area contributed by atoms with E-state index in [9.17, 15) is 0 Å². The number of hydrogen-bond donors (Lipinski definition) is 1. The summed E-state index contributed by atoms with van der Waals surface area (Å²) in [7, 11) is 0. The van der Waals surface area contributed by atoms with E-state index < -0.39 is 0 Å². The summed E-state index contributed by atoms with van der Waals surface area (Å²) >= 11 is 5.74. The zero-order chi connectivity index (χ0) is 10.4. The van der Waals surface area contributed by atoms with Crippen LogP contribution in [0.5, 0.6) is 0 Å². The van der Waals surface area contributed by atoms with Crippen molar-refractivity contribution in [2.24, 2.45) is 0 Å². The number of rotatable bonds is 5. The van der Waals surface area contributed by atoms with Gasteiger partial charge in [-0.25, -0.2) is 4.98 Å². The molecule has 1 unspecified atom stereocenters. The van der Waals surface area contributed by atoms with Crippen molar-refractivity contribution in [1.29, 1.82) is 0 Å². The summed E-state index contributed by atoms with van der Waals surface area (Å²) in [4.78, 5) is 3.90. The van der Waals surface area contributed by atoms with Crippen LogP contribution < -0.4 is 5.32 Å². The molecule has 4 heteroatoms. The Morgan fingerprint density at radius 3 is 3.07 bits per heavy atom. The zero-order valence-corrected chi connectivity index (χ0v) is 9.21. The van der Waals surface area contributed by atoms with Crippen LogP contribution in [-0.2, 0) is 4.74 Å². The number of ether oxygens (including phenoxy) is 1. The second kappa shape index (κ2) is 5.83. The monoisotopic (exact) mass is 214 g/mol. The number of halogens is 1. The van der Waals surface area contributed by atoms with E-state index in [-0.39, 0.29) is 6.10 Å². The molecule has 0 spiro atoms. The lowest BCUT2D eigenvalue weighted by molar-refractivity contribution is 0.0855. The van der Waals surface area contributed by atoms with Crippen LogP contribution in [0.4, 0.5) is 5.69 Å². The van der Waals surface area contributed by atoms with Crippen LogP contribution in [0.25, 0.3) is 0 Å². The third-order valence-corrected chi connectivity index (χ3v) is 1.98. The summed E-state index contributed by atoms with van der Waals surface area (Å²) in [5.74, 6) is 0. The minimum atomic E-state index is 0.201. The van der Waals surface area contributed by atoms with Crippen molar-refractivity contribution in [1.82, 2.24) is 4.98 Å². The predicted octanol–water partition coefficient (Wildman–Crippen LogP) is 2.57. The van der Waals surface area contributed by atoms with Crippen LogP contribution in [0.3, 0.4) is 0 Å².